The quantitative estimate of drug-likeness (QED) is 0.122. The Hall–Kier alpha value is 0.877. The van der Waals surface area contributed by atoms with E-state index < -0.39 is 8.80 Å². The predicted octanol–water partition coefficient (Wildman–Crippen LogP) is 7.73. The van der Waals surface area contributed by atoms with Gasteiger partial charge >= 0.3 is 8.80 Å². The van der Waals surface area contributed by atoms with E-state index in [9.17, 15) is 0 Å². The predicted molar refractivity (Wildman–Crippen MR) is 147 cm³/mol. The third-order valence-electron chi connectivity index (χ3n) is 3.89. The van der Waals surface area contributed by atoms with Crippen LogP contribution in [0.15, 0.2) is 51.7 Å². The minimum Gasteiger partial charge on any atom is -0.373 e. The van der Waals surface area contributed by atoms with E-state index in [0.717, 1.165) is 25.5 Å². The van der Waals surface area contributed by atoms with Crippen molar-refractivity contribution in [1.29, 1.82) is 0 Å². The second kappa shape index (κ2) is 12.9. The fourth-order valence-corrected chi connectivity index (χ4v) is 20.5. The average Bonchev–Trinajstić information content (AvgIpc) is 3.19. The lowest BCUT2D eigenvalue weighted by atomic mass is 10.2. The van der Waals surface area contributed by atoms with Crippen molar-refractivity contribution in [2.24, 2.45) is 0 Å². The average molecular weight is 570 g/mol. The van der Waals surface area contributed by atoms with Gasteiger partial charge in [-0.15, -0.1) is 11.3 Å². The van der Waals surface area contributed by atoms with Gasteiger partial charge in [-0.25, -0.2) is 4.98 Å². The number of nitrogens with zero attached hydrogens (tertiary/aromatic N) is 1. The molecule has 2 aromatic carbocycles. The molecular weight excluding hydrogens is 551 g/mol. The Morgan fingerprint density at radius 3 is 2.20 bits per heavy atom. The molecule has 3 aromatic rings. The molecule has 13 heteroatoms. The molecule has 0 saturated heterocycles. The molecule has 0 aliphatic heterocycles. The summed E-state index contributed by atoms with van der Waals surface area (Å²) in [6.07, 6.45) is 0. The molecule has 3 rings (SSSR count). The van der Waals surface area contributed by atoms with E-state index >= 15 is 0 Å². The molecule has 30 heavy (non-hydrogen) atoms. The molecule has 0 aliphatic carbocycles. The number of hydrogen-bond acceptors (Lipinski definition) is 12. The van der Waals surface area contributed by atoms with Gasteiger partial charge in [-0.3, -0.25) is 0 Å². The van der Waals surface area contributed by atoms with Crippen LogP contribution >= 0.6 is 82.1 Å². The third-order valence-corrected chi connectivity index (χ3v) is 20.8. The fraction of sp³-hybridized carbons (Fsp3) is 0.235. The highest BCUT2D eigenvalue weighted by molar-refractivity contribution is 9.46. The van der Waals surface area contributed by atoms with Crippen LogP contribution in [0.25, 0.3) is 10.2 Å². The summed E-state index contributed by atoms with van der Waals surface area (Å²) in [5.74, 6) is 0. The Bertz CT molecular complexity index is 914. The first-order valence-corrected chi connectivity index (χ1v) is 19.8. The summed E-state index contributed by atoms with van der Waals surface area (Å²) in [6, 6.07) is 14.6. The number of rotatable bonds is 12. The third kappa shape index (κ3) is 6.70. The van der Waals surface area contributed by atoms with Gasteiger partial charge < -0.3 is 13.3 Å². The van der Waals surface area contributed by atoms with Crippen LogP contribution in [-0.2, 0) is 13.3 Å². The zero-order chi connectivity index (χ0) is 21.4. The molecule has 0 spiro atoms. The monoisotopic (exact) mass is 569 g/mol. The largest absolute Gasteiger partial charge is 0.537 e. The molecule has 0 aliphatic rings. The van der Waals surface area contributed by atoms with Crippen molar-refractivity contribution in [3.63, 3.8) is 0 Å². The maximum Gasteiger partial charge on any atom is 0.537 e. The van der Waals surface area contributed by atoms with Gasteiger partial charge in [-0.05, 0) is 95.8 Å². The van der Waals surface area contributed by atoms with E-state index in [-0.39, 0.29) is 0 Å². The molecule has 0 atom stereocenters. The molecule has 4 nitrogen and oxygen atoms in total. The molecule has 0 fully saturated rings. The molecule has 162 valence electrons. The van der Waals surface area contributed by atoms with Crippen molar-refractivity contribution in [3.8, 4) is 0 Å². The Labute approximate surface area is 208 Å². The number of aryl methyl sites for hydroxylation is 1. The van der Waals surface area contributed by atoms with Crippen molar-refractivity contribution < 1.29 is 13.3 Å². The van der Waals surface area contributed by atoms with E-state index in [0.29, 0.717) is 0 Å². The summed E-state index contributed by atoms with van der Waals surface area (Å²) < 4.78 is 19.4. The number of aromatic nitrogens is 1. The standard InChI is InChI=1S/C17H19NO3S8Si/c1-12-9-10-15(16(11-12)30(19-2,20-3)21-4)23-25-27-29-28-26-24-17-18-13-7-5-6-8-14(13)22-17/h5-11H,1-4H3. The van der Waals surface area contributed by atoms with Gasteiger partial charge in [0.05, 0.1) is 10.2 Å². The van der Waals surface area contributed by atoms with Gasteiger partial charge in [0.25, 0.3) is 0 Å². The number of benzene rings is 2. The van der Waals surface area contributed by atoms with Gasteiger partial charge in [-0.2, -0.15) is 0 Å². The van der Waals surface area contributed by atoms with Gasteiger partial charge in [0.2, 0.25) is 0 Å². The summed E-state index contributed by atoms with van der Waals surface area (Å²) in [5, 5.41) is 1.01. The number of para-hydroxylation sites is 1. The van der Waals surface area contributed by atoms with Crippen LogP contribution < -0.4 is 5.19 Å². The molecule has 1 aromatic heterocycles. The van der Waals surface area contributed by atoms with Crippen molar-refractivity contribution in [3.05, 3.63) is 48.0 Å². The minimum absolute atomic E-state index is 1.01. The lowest BCUT2D eigenvalue weighted by molar-refractivity contribution is 0.140. The molecule has 0 amide bonds. The van der Waals surface area contributed by atoms with Crippen LogP contribution in [0, 0.1) is 6.92 Å². The summed E-state index contributed by atoms with van der Waals surface area (Å²) >= 11 is 1.73. The van der Waals surface area contributed by atoms with Gasteiger partial charge in [-0.1, -0.05) is 29.8 Å². The first-order chi connectivity index (χ1) is 14.6. The minimum atomic E-state index is -2.87. The van der Waals surface area contributed by atoms with Gasteiger partial charge in [0.1, 0.15) is 0 Å². The zero-order valence-corrected chi connectivity index (χ0v) is 24.0. The van der Waals surface area contributed by atoms with Crippen LogP contribution in [0.4, 0.5) is 0 Å². The van der Waals surface area contributed by atoms with E-state index in [1.807, 2.05) is 6.07 Å². The number of fused-ring (bicyclic) bond motifs is 1. The molecule has 0 N–H and O–H groups in total. The Morgan fingerprint density at radius 2 is 1.50 bits per heavy atom. The van der Waals surface area contributed by atoms with E-state index in [4.69, 9.17) is 13.3 Å². The Balaban J connectivity index is 1.45. The number of hydrogen-bond donors (Lipinski definition) is 0. The van der Waals surface area contributed by atoms with Crippen molar-refractivity contribution in [2.75, 3.05) is 21.3 Å². The maximum atomic E-state index is 5.69. The smallest absolute Gasteiger partial charge is 0.373 e. The van der Waals surface area contributed by atoms with Crippen molar-refractivity contribution in [2.45, 2.75) is 16.2 Å². The van der Waals surface area contributed by atoms with E-state index in [1.165, 1.54) is 4.70 Å². The van der Waals surface area contributed by atoms with Crippen LogP contribution in [0.3, 0.4) is 0 Å². The molecule has 0 radical (unpaired) electrons. The van der Waals surface area contributed by atoms with Crippen LogP contribution in [0.2, 0.25) is 0 Å². The summed E-state index contributed by atoms with van der Waals surface area (Å²) in [4.78, 5) is 5.75. The zero-order valence-electron chi connectivity index (χ0n) is 16.5. The van der Waals surface area contributed by atoms with Crippen LogP contribution in [0.1, 0.15) is 5.56 Å². The van der Waals surface area contributed by atoms with Crippen molar-refractivity contribution in [1.82, 2.24) is 4.98 Å². The molecule has 0 saturated carbocycles. The van der Waals surface area contributed by atoms with E-state index in [2.05, 4.69) is 48.3 Å². The van der Waals surface area contributed by atoms with Crippen molar-refractivity contribution >= 4 is 106 Å². The topological polar surface area (TPSA) is 40.6 Å². The van der Waals surface area contributed by atoms with Crippen LogP contribution in [0.5, 0.6) is 0 Å². The molecule has 1 heterocycles. The van der Waals surface area contributed by atoms with E-state index in [1.54, 1.807) is 103 Å². The summed E-state index contributed by atoms with van der Waals surface area (Å²) in [7, 11) is 14.1. The highest BCUT2D eigenvalue weighted by Gasteiger charge is 2.43. The highest BCUT2D eigenvalue weighted by Crippen LogP contribution is 2.57. The number of thiazole rings is 1. The van der Waals surface area contributed by atoms with Gasteiger partial charge in [0, 0.05) is 31.4 Å². The normalized spacial score (nSPS) is 12.0. The highest BCUT2D eigenvalue weighted by atomic mass is 33.9. The lowest BCUT2D eigenvalue weighted by Crippen LogP contribution is -2.55. The second-order valence-electron chi connectivity index (χ2n) is 5.62. The molecular formula is C17H19NO3S8Si. The summed E-state index contributed by atoms with van der Waals surface area (Å²) in [5.41, 5.74) is 2.23. The van der Waals surface area contributed by atoms with Crippen LogP contribution in [-0.4, -0.2) is 35.1 Å². The maximum absolute atomic E-state index is 5.69. The Morgan fingerprint density at radius 1 is 0.833 bits per heavy atom. The Kier molecular flexibility index (Phi) is 11.0. The summed E-state index contributed by atoms with van der Waals surface area (Å²) in [6.45, 7) is 2.06. The first-order valence-electron chi connectivity index (χ1n) is 8.42. The lowest BCUT2D eigenvalue weighted by Gasteiger charge is -2.26. The second-order valence-corrected chi connectivity index (χ2v) is 20.8. The molecule has 0 bridgehead atoms. The van der Waals surface area contributed by atoms with Gasteiger partial charge in [0.15, 0.2) is 4.34 Å². The molecule has 0 unspecified atom stereocenters. The fourth-order valence-electron chi connectivity index (χ4n) is 2.55. The first kappa shape index (κ1) is 25.5. The SMILES string of the molecule is CO[Si](OC)(OC)c1cc(C)ccc1SSSSSSSc1nc2ccccc2s1.